The van der Waals surface area contributed by atoms with Crippen molar-refractivity contribution in [2.75, 3.05) is 18.5 Å². The zero-order chi connectivity index (χ0) is 20.2. The van der Waals surface area contributed by atoms with Gasteiger partial charge in [0.15, 0.2) is 18.2 Å². The summed E-state index contributed by atoms with van der Waals surface area (Å²) >= 11 is 0. The smallest absolute Gasteiger partial charge is 0.410 e. The molecule has 1 aromatic heterocycles. The Kier molecular flexibility index (Phi) is 5.62. The predicted octanol–water partition coefficient (Wildman–Crippen LogP) is 2.29. The Labute approximate surface area is 169 Å². The van der Waals surface area contributed by atoms with Gasteiger partial charge in [0.05, 0.1) is 12.2 Å². The van der Waals surface area contributed by atoms with E-state index in [2.05, 4.69) is 10.3 Å². The number of pyridine rings is 1. The number of carbonyl (C=O) groups is 2. The van der Waals surface area contributed by atoms with E-state index < -0.39 is 6.09 Å². The molecule has 0 spiro atoms. The highest BCUT2D eigenvalue weighted by Gasteiger charge is 2.31. The van der Waals surface area contributed by atoms with Crippen molar-refractivity contribution in [3.63, 3.8) is 0 Å². The first-order valence-electron chi connectivity index (χ1n) is 9.72. The number of hydrogen-bond donors (Lipinski definition) is 2. The van der Waals surface area contributed by atoms with Gasteiger partial charge in [0.2, 0.25) is 0 Å². The predicted molar refractivity (Wildman–Crippen MR) is 106 cm³/mol. The number of benzene rings is 1. The summed E-state index contributed by atoms with van der Waals surface area (Å²) in [5.74, 6) is 0.894. The molecule has 152 valence electrons. The topological polar surface area (TPSA) is 107 Å². The van der Waals surface area contributed by atoms with Crippen molar-refractivity contribution < 1.29 is 19.1 Å². The van der Waals surface area contributed by atoms with Crippen LogP contribution in [-0.2, 0) is 22.7 Å². The molecule has 1 fully saturated rings. The quantitative estimate of drug-likeness (QED) is 0.776. The van der Waals surface area contributed by atoms with Crippen LogP contribution >= 0.6 is 0 Å². The summed E-state index contributed by atoms with van der Waals surface area (Å²) in [5.41, 5.74) is 7.64. The van der Waals surface area contributed by atoms with E-state index in [0.717, 1.165) is 18.4 Å². The number of ether oxygens (including phenoxy) is 2. The molecule has 2 heterocycles. The molecule has 3 N–H and O–H groups in total. The fourth-order valence-corrected chi connectivity index (χ4v) is 3.41. The summed E-state index contributed by atoms with van der Waals surface area (Å²) in [6.45, 7) is 0.955. The van der Waals surface area contributed by atoms with Crippen molar-refractivity contribution >= 4 is 17.8 Å². The number of carbonyl (C=O) groups excluding carboxylic acids is 2. The van der Waals surface area contributed by atoms with E-state index in [1.165, 1.54) is 0 Å². The number of nitrogens with two attached hydrogens (primary N) is 1. The standard InChI is InChI=1S/C21H24N4O4/c22-17-8-6-15(17)10-25(21(27)29-12-14-4-2-1-3-5-14)11-16-7-9-18-20(23-16)24-19(26)13-28-18/h1-5,7,9,15,17H,6,8,10-13,22H2,(H,23,24,26)/t15?,17-/m1/s1. The first-order valence-corrected chi connectivity index (χ1v) is 9.72. The summed E-state index contributed by atoms with van der Waals surface area (Å²) in [5, 5.41) is 2.69. The molecule has 0 radical (unpaired) electrons. The van der Waals surface area contributed by atoms with E-state index in [-0.39, 0.29) is 37.6 Å². The molecule has 1 unspecified atom stereocenters. The SMILES string of the molecule is N[C@@H]1CCC1CN(Cc1ccc2c(n1)NC(=O)CO2)C(=O)OCc1ccccc1. The fraction of sp³-hybridized carbons (Fsp3) is 0.381. The van der Waals surface area contributed by atoms with Gasteiger partial charge in [0.1, 0.15) is 6.61 Å². The van der Waals surface area contributed by atoms with Crippen LogP contribution in [0.5, 0.6) is 5.75 Å². The second-order valence-corrected chi connectivity index (χ2v) is 7.41. The Morgan fingerprint density at radius 1 is 1.24 bits per heavy atom. The Hall–Kier alpha value is -3.13. The number of fused-ring (bicyclic) bond motifs is 1. The number of nitrogens with zero attached hydrogens (tertiary/aromatic N) is 2. The van der Waals surface area contributed by atoms with Crippen molar-refractivity contribution in [2.45, 2.75) is 32.0 Å². The van der Waals surface area contributed by atoms with Crippen molar-refractivity contribution in [3.05, 3.63) is 53.7 Å². The summed E-state index contributed by atoms with van der Waals surface area (Å²) < 4.78 is 10.9. The molecule has 1 saturated carbocycles. The molecule has 1 aliphatic carbocycles. The first-order chi connectivity index (χ1) is 14.1. The van der Waals surface area contributed by atoms with Crippen molar-refractivity contribution in [1.82, 2.24) is 9.88 Å². The Balaban J connectivity index is 1.45. The van der Waals surface area contributed by atoms with Crippen molar-refractivity contribution in [2.24, 2.45) is 11.7 Å². The average molecular weight is 396 g/mol. The maximum atomic E-state index is 12.8. The minimum absolute atomic E-state index is 0.0223. The Morgan fingerprint density at radius 2 is 2.07 bits per heavy atom. The molecule has 29 heavy (non-hydrogen) atoms. The van der Waals surface area contributed by atoms with E-state index in [1.807, 2.05) is 30.3 Å². The van der Waals surface area contributed by atoms with Gasteiger partial charge in [-0.1, -0.05) is 30.3 Å². The second-order valence-electron chi connectivity index (χ2n) is 7.41. The zero-order valence-electron chi connectivity index (χ0n) is 16.0. The maximum Gasteiger partial charge on any atom is 0.410 e. The molecule has 0 bridgehead atoms. The Morgan fingerprint density at radius 3 is 2.79 bits per heavy atom. The Bertz CT molecular complexity index is 890. The molecule has 2 atom stereocenters. The third-order valence-electron chi connectivity index (χ3n) is 5.28. The normalized spacial score (nSPS) is 20.0. The number of rotatable bonds is 6. The van der Waals surface area contributed by atoms with E-state index in [9.17, 15) is 9.59 Å². The molecular formula is C21H24N4O4. The molecule has 2 amide bonds. The number of amides is 2. The molecule has 2 aromatic rings. The minimum atomic E-state index is -0.409. The highest BCUT2D eigenvalue weighted by atomic mass is 16.6. The van der Waals surface area contributed by atoms with Crippen molar-refractivity contribution in [1.29, 1.82) is 0 Å². The number of hydrogen-bond acceptors (Lipinski definition) is 6. The van der Waals surface area contributed by atoms with E-state index >= 15 is 0 Å². The molecule has 0 saturated heterocycles. The number of nitrogens with one attached hydrogen (secondary N) is 1. The molecule has 8 nitrogen and oxygen atoms in total. The summed E-state index contributed by atoms with van der Waals surface area (Å²) in [6, 6.07) is 13.2. The summed E-state index contributed by atoms with van der Waals surface area (Å²) in [4.78, 5) is 30.4. The highest BCUT2D eigenvalue weighted by Crippen LogP contribution is 2.28. The molecule has 1 aromatic carbocycles. The second kappa shape index (κ2) is 8.48. The lowest BCUT2D eigenvalue weighted by molar-refractivity contribution is -0.118. The largest absolute Gasteiger partial charge is 0.480 e. The number of anilines is 1. The third-order valence-corrected chi connectivity index (χ3v) is 5.28. The zero-order valence-corrected chi connectivity index (χ0v) is 16.0. The van der Waals surface area contributed by atoms with Crippen LogP contribution in [-0.4, -0.2) is 41.1 Å². The molecular weight excluding hydrogens is 372 g/mol. The fourth-order valence-electron chi connectivity index (χ4n) is 3.41. The lowest BCUT2D eigenvalue weighted by Crippen LogP contribution is -2.47. The average Bonchev–Trinajstić information content (AvgIpc) is 2.74. The van der Waals surface area contributed by atoms with Gasteiger partial charge >= 0.3 is 6.09 Å². The molecule has 8 heteroatoms. The van der Waals surface area contributed by atoms with Gasteiger partial charge in [-0.3, -0.25) is 4.79 Å². The maximum absolute atomic E-state index is 12.8. The van der Waals surface area contributed by atoms with Gasteiger partial charge in [-0.2, -0.15) is 0 Å². The van der Waals surface area contributed by atoms with Crippen LogP contribution in [0.4, 0.5) is 10.6 Å². The minimum Gasteiger partial charge on any atom is -0.480 e. The van der Waals surface area contributed by atoms with E-state index in [4.69, 9.17) is 15.2 Å². The first kappa shape index (κ1) is 19.2. The van der Waals surface area contributed by atoms with E-state index in [1.54, 1.807) is 17.0 Å². The van der Waals surface area contributed by atoms with Crippen LogP contribution in [0.1, 0.15) is 24.1 Å². The van der Waals surface area contributed by atoms with Crippen LogP contribution < -0.4 is 15.8 Å². The third kappa shape index (κ3) is 4.65. The van der Waals surface area contributed by atoms with Gasteiger partial charge in [-0.25, -0.2) is 9.78 Å². The summed E-state index contributed by atoms with van der Waals surface area (Å²) in [6.07, 6.45) is 1.55. The van der Waals surface area contributed by atoms with Gasteiger partial charge in [0.25, 0.3) is 5.91 Å². The van der Waals surface area contributed by atoms with Gasteiger partial charge < -0.3 is 25.4 Å². The highest BCUT2D eigenvalue weighted by molar-refractivity contribution is 5.94. The van der Waals surface area contributed by atoms with Gasteiger partial charge in [-0.05, 0) is 36.5 Å². The molecule has 4 rings (SSSR count). The molecule has 1 aliphatic heterocycles. The van der Waals surface area contributed by atoms with Crippen LogP contribution in [0.2, 0.25) is 0 Å². The van der Waals surface area contributed by atoms with Crippen LogP contribution in [0.15, 0.2) is 42.5 Å². The lowest BCUT2D eigenvalue weighted by atomic mass is 9.80. The number of aromatic nitrogens is 1. The van der Waals surface area contributed by atoms with Gasteiger partial charge in [0, 0.05) is 12.6 Å². The summed E-state index contributed by atoms with van der Waals surface area (Å²) in [7, 11) is 0. The van der Waals surface area contributed by atoms with E-state index in [0.29, 0.717) is 23.8 Å². The van der Waals surface area contributed by atoms with Crippen LogP contribution in [0.3, 0.4) is 0 Å². The van der Waals surface area contributed by atoms with Crippen molar-refractivity contribution in [3.8, 4) is 5.75 Å². The van der Waals surface area contributed by atoms with Gasteiger partial charge in [-0.15, -0.1) is 0 Å². The molecule has 2 aliphatic rings. The van der Waals surface area contributed by atoms with Crippen LogP contribution in [0.25, 0.3) is 0 Å². The lowest BCUT2D eigenvalue weighted by Gasteiger charge is -2.37. The van der Waals surface area contributed by atoms with Crippen LogP contribution in [0, 0.1) is 5.92 Å². The monoisotopic (exact) mass is 396 g/mol.